The van der Waals surface area contributed by atoms with Crippen LogP contribution in [-0.2, 0) is 0 Å². The molecule has 0 bridgehead atoms. The number of fused-ring (bicyclic) bond motifs is 1. The number of aromatic nitrogens is 1. The highest BCUT2D eigenvalue weighted by atomic mass is 35.5. The lowest BCUT2D eigenvalue weighted by Gasteiger charge is -2.30. The van der Waals surface area contributed by atoms with E-state index in [9.17, 15) is 14.5 Å². The summed E-state index contributed by atoms with van der Waals surface area (Å²) >= 11 is 0. The maximum Gasteiger partial charge on any atom is 0.270 e. The second kappa shape index (κ2) is 9.67. The van der Waals surface area contributed by atoms with Crippen LogP contribution in [0.1, 0.15) is 29.8 Å². The minimum Gasteiger partial charge on any atom is -0.378 e. The number of anilines is 2. The van der Waals surface area contributed by atoms with E-state index >= 15 is 0 Å². The highest BCUT2D eigenvalue weighted by molar-refractivity contribution is 5.94. The standard InChI is InChI=1S/C23H26FN5O2.ClH/c1-14-10-18(29(30)31)13-19(23(14)24)16(3)27-22-11-15(2)26-21-5-4-17(12-20(21)22)28-8-6-25-7-9-28;/h4-5,10-13,16,25H,6-9H2,1-3H3,(H,26,27);1H. The minimum atomic E-state index is -0.492. The Balaban J connectivity index is 0.00000289. The summed E-state index contributed by atoms with van der Waals surface area (Å²) in [5.74, 6) is -0.429. The van der Waals surface area contributed by atoms with Crippen LogP contribution < -0.4 is 15.5 Å². The van der Waals surface area contributed by atoms with Crippen LogP contribution in [0, 0.1) is 29.8 Å². The average molecular weight is 460 g/mol. The summed E-state index contributed by atoms with van der Waals surface area (Å²) in [7, 11) is 0. The fraction of sp³-hybridized carbons (Fsp3) is 0.348. The predicted molar refractivity (Wildman–Crippen MR) is 129 cm³/mol. The third-order valence-corrected chi connectivity index (χ3v) is 5.72. The van der Waals surface area contributed by atoms with Gasteiger partial charge in [-0.1, -0.05) is 0 Å². The number of non-ortho nitro benzene ring substituents is 1. The molecule has 0 saturated carbocycles. The highest BCUT2D eigenvalue weighted by Gasteiger charge is 2.20. The predicted octanol–water partition coefficient (Wildman–Crippen LogP) is 4.90. The monoisotopic (exact) mass is 459 g/mol. The van der Waals surface area contributed by atoms with E-state index in [1.165, 1.54) is 12.1 Å². The number of benzene rings is 2. The Morgan fingerprint density at radius 3 is 2.59 bits per heavy atom. The molecule has 2 aromatic carbocycles. The second-order valence-corrected chi connectivity index (χ2v) is 8.04. The third kappa shape index (κ3) is 4.76. The van der Waals surface area contributed by atoms with E-state index in [-0.39, 0.29) is 29.2 Å². The number of pyridine rings is 1. The lowest BCUT2D eigenvalue weighted by Crippen LogP contribution is -2.43. The van der Waals surface area contributed by atoms with E-state index < -0.39 is 16.8 Å². The normalized spacial score (nSPS) is 14.7. The molecule has 1 aliphatic rings. The lowest BCUT2D eigenvalue weighted by molar-refractivity contribution is -0.385. The van der Waals surface area contributed by atoms with Gasteiger partial charge in [-0.3, -0.25) is 15.1 Å². The zero-order valence-corrected chi connectivity index (χ0v) is 19.1. The highest BCUT2D eigenvalue weighted by Crippen LogP contribution is 2.33. The molecule has 2 N–H and O–H groups in total. The summed E-state index contributed by atoms with van der Waals surface area (Å²) in [5.41, 5.74) is 4.06. The molecule has 2 heterocycles. The minimum absolute atomic E-state index is 0. The first kappa shape index (κ1) is 23.7. The van der Waals surface area contributed by atoms with Crippen molar-refractivity contribution in [2.24, 2.45) is 0 Å². The molecule has 9 heteroatoms. The first-order chi connectivity index (χ1) is 14.8. The lowest BCUT2D eigenvalue weighted by atomic mass is 10.0. The first-order valence-electron chi connectivity index (χ1n) is 10.4. The van der Waals surface area contributed by atoms with E-state index in [2.05, 4.69) is 32.7 Å². The Hall–Kier alpha value is -2.97. The quantitative estimate of drug-likeness (QED) is 0.417. The zero-order chi connectivity index (χ0) is 22.1. The number of nitrogens with one attached hydrogen (secondary N) is 2. The van der Waals surface area contributed by atoms with E-state index in [1.54, 1.807) is 6.92 Å². The first-order valence-corrected chi connectivity index (χ1v) is 10.4. The van der Waals surface area contributed by atoms with Crippen molar-refractivity contribution in [3.63, 3.8) is 0 Å². The van der Waals surface area contributed by atoms with Crippen molar-refractivity contribution in [1.82, 2.24) is 10.3 Å². The van der Waals surface area contributed by atoms with E-state index in [4.69, 9.17) is 0 Å². The van der Waals surface area contributed by atoms with Crippen LogP contribution >= 0.6 is 12.4 Å². The molecular weight excluding hydrogens is 433 g/mol. The Morgan fingerprint density at radius 1 is 1.19 bits per heavy atom. The summed E-state index contributed by atoms with van der Waals surface area (Å²) in [6.07, 6.45) is 0. The molecule has 3 aromatic rings. The summed E-state index contributed by atoms with van der Waals surface area (Å²) in [6.45, 7) is 9.02. The average Bonchev–Trinajstić information content (AvgIpc) is 2.75. The van der Waals surface area contributed by atoms with E-state index in [0.29, 0.717) is 0 Å². The fourth-order valence-electron chi connectivity index (χ4n) is 4.09. The molecule has 0 spiro atoms. The van der Waals surface area contributed by atoms with Crippen LogP contribution in [0.3, 0.4) is 0 Å². The summed E-state index contributed by atoms with van der Waals surface area (Å²) < 4.78 is 14.8. The topological polar surface area (TPSA) is 83.3 Å². The van der Waals surface area contributed by atoms with Gasteiger partial charge >= 0.3 is 0 Å². The largest absolute Gasteiger partial charge is 0.378 e. The van der Waals surface area contributed by atoms with E-state index in [1.807, 2.05) is 26.0 Å². The van der Waals surface area contributed by atoms with Crippen molar-refractivity contribution in [1.29, 1.82) is 0 Å². The molecule has 1 unspecified atom stereocenters. The summed E-state index contributed by atoms with van der Waals surface area (Å²) in [5, 5.41) is 18.9. The summed E-state index contributed by atoms with van der Waals surface area (Å²) in [6, 6.07) is 10.2. The number of rotatable bonds is 5. The number of nitrogens with zero attached hydrogens (tertiary/aromatic N) is 3. The molecule has 1 atom stereocenters. The molecular formula is C23H27ClFN5O2. The Morgan fingerprint density at radius 2 is 1.91 bits per heavy atom. The van der Waals surface area contributed by atoms with Gasteiger partial charge in [-0.15, -0.1) is 12.4 Å². The van der Waals surface area contributed by atoms with Crippen molar-refractivity contribution in [3.8, 4) is 0 Å². The SMILES string of the molecule is Cc1cc(NC(C)c2cc([N+](=O)[O-])cc(C)c2F)c2cc(N3CCNCC3)ccc2n1.Cl. The number of hydrogen-bond acceptors (Lipinski definition) is 6. The summed E-state index contributed by atoms with van der Waals surface area (Å²) in [4.78, 5) is 17.7. The number of nitro groups is 1. The van der Waals surface area contributed by atoms with Crippen molar-refractivity contribution >= 4 is 40.4 Å². The third-order valence-electron chi connectivity index (χ3n) is 5.72. The van der Waals surface area contributed by atoms with Gasteiger partial charge in [-0.25, -0.2) is 4.39 Å². The molecule has 7 nitrogen and oxygen atoms in total. The van der Waals surface area contributed by atoms with Gasteiger partial charge in [0.05, 0.1) is 16.5 Å². The van der Waals surface area contributed by atoms with Gasteiger partial charge in [-0.05, 0) is 50.6 Å². The number of aryl methyl sites for hydroxylation is 2. The van der Waals surface area contributed by atoms with Gasteiger partial charge < -0.3 is 15.5 Å². The fourth-order valence-corrected chi connectivity index (χ4v) is 4.09. The molecule has 0 radical (unpaired) electrons. The number of piperazine rings is 1. The zero-order valence-electron chi connectivity index (χ0n) is 18.3. The van der Waals surface area contributed by atoms with Crippen LogP contribution in [-0.4, -0.2) is 36.1 Å². The second-order valence-electron chi connectivity index (χ2n) is 8.04. The Bertz CT molecular complexity index is 1150. The van der Waals surface area contributed by atoms with Crippen molar-refractivity contribution in [2.75, 3.05) is 36.4 Å². The molecule has 170 valence electrons. The van der Waals surface area contributed by atoms with Gasteiger partial charge in [0.25, 0.3) is 5.69 Å². The smallest absolute Gasteiger partial charge is 0.270 e. The Kier molecular flexibility index (Phi) is 7.16. The number of hydrogen-bond donors (Lipinski definition) is 2. The molecule has 1 aromatic heterocycles. The van der Waals surface area contributed by atoms with Crippen molar-refractivity contribution < 1.29 is 9.31 Å². The van der Waals surface area contributed by atoms with Gasteiger partial charge in [-0.2, -0.15) is 0 Å². The molecule has 32 heavy (non-hydrogen) atoms. The molecule has 1 saturated heterocycles. The Labute approximate surface area is 192 Å². The molecule has 1 aliphatic heterocycles. The molecule has 0 amide bonds. The molecule has 0 aliphatic carbocycles. The van der Waals surface area contributed by atoms with Gasteiger partial charge in [0.15, 0.2) is 0 Å². The molecule has 4 rings (SSSR count). The number of halogens is 2. The van der Waals surface area contributed by atoms with Crippen LogP contribution in [0.4, 0.5) is 21.5 Å². The van der Waals surface area contributed by atoms with Crippen molar-refractivity contribution in [3.05, 3.63) is 69.2 Å². The number of nitro benzene ring substituents is 1. The van der Waals surface area contributed by atoms with Crippen LogP contribution in [0.2, 0.25) is 0 Å². The van der Waals surface area contributed by atoms with Crippen LogP contribution in [0.5, 0.6) is 0 Å². The molecule has 1 fully saturated rings. The van der Waals surface area contributed by atoms with Gasteiger partial charge in [0.2, 0.25) is 0 Å². The maximum atomic E-state index is 14.8. The van der Waals surface area contributed by atoms with Crippen molar-refractivity contribution in [2.45, 2.75) is 26.8 Å². The van der Waals surface area contributed by atoms with E-state index in [0.717, 1.165) is 54.2 Å². The van der Waals surface area contributed by atoms with Crippen LogP contribution in [0.15, 0.2) is 36.4 Å². The van der Waals surface area contributed by atoms with Crippen LogP contribution in [0.25, 0.3) is 10.9 Å². The van der Waals surface area contributed by atoms with Gasteiger partial charge in [0, 0.05) is 66.3 Å². The maximum absolute atomic E-state index is 14.8. The van der Waals surface area contributed by atoms with Gasteiger partial charge in [0.1, 0.15) is 5.82 Å².